The highest BCUT2D eigenvalue weighted by Gasteiger charge is 2.24. The minimum absolute atomic E-state index is 0.241. The Balaban J connectivity index is 2.22. The highest BCUT2D eigenvalue weighted by molar-refractivity contribution is 7.92. The van der Waals surface area contributed by atoms with Crippen molar-refractivity contribution in [1.82, 2.24) is 5.32 Å². The van der Waals surface area contributed by atoms with Crippen molar-refractivity contribution in [3.05, 3.63) is 64.2 Å². The van der Waals surface area contributed by atoms with Gasteiger partial charge >= 0.3 is 0 Å². The number of halogens is 1. The number of hydrogen-bond acceptors (Lipinski definition) is 3. The molecule has 140 valence electrons. The summed E-state index contributed by atoms with van der Waals surface area (Å²) < 4.78 is 25.9. The first kappa shape index (κ1) is 20.3. The van der Waals surface area contributed by atoms with Crippen LogP contribution in [-0.2, 0) is 27.8 Å². The van der Waals surface area contributed by atoms with Gasteiger partial charge in [0.05, 0.1) is 11.9 Å². The van der Waals surface area contributed by atoms with Crippen molar-refractivity contribution in [2.24, 2.45) is 0 Å². The number of sulfonamides is 1. The Bertz CT molecular complexity index is 897. The summed E-state index contributed by atoms with van der Waals surface area (Å²) in [4.78, 5) is 12.4. The lowest BCUT2D eigenvalue weighted by atomic mass is 10.1. The summed E-state index contributed by atoms with van der Waals surface area (Å²) in [6.45, 7) is 3.76. The van der Waals surface area contributed by atoms with Crippen LogP contribution in [0.4, 0.5) is 5.69 Å². The van der Waals surface area contributed by atoms with E-state index in [0.717, 1.165) is 22.9 Å². The van der Waals surface area contributed by atoms with Crippen LogP contribution in [0.5, 0.6) is 0 Å². The summed E-state index contributed by atoms with van der Waals surface area (Å²) in [5, 5.41) is 3.30. The molecule has 0 fully saturated rings. The molecule has 2 aromatic carbocycles. The lowest BCUT2D eigenvalue weighted by Crippen LogP contribution is -2.41. The third-order valence-corrected chi connectivity index (χ3v) is 5.55. The second-order valence-electron chi connectivity index (χ2n) is 6.07. The first-order valence-electron chi connectivity index (χ1n) is 8.30. The lowest BCUT2D eigenvalue weighted by molar-refractivity contribution is -0.119. The molecule has 0 heterocycles. The fourth-order valence-electron chi connectivity index (χ4n) is 2.75. The maximum atomic E-state index is 12.4. The van der Waals surface area contributed by atoms with Gasteiger partial charge in [-0.1, -0.05) is 54.9 Å². The van der Waals surface area contributed by atoms with E-state index in [1.165, 1.54) is 4.31 Å². The van der Waals surface area contributed by atoms with Crippen molar-refractivity contribution in [1.29, 1.82) is 0 Å². The van der Waals surface area contributed by atoms with E-state index in [9.17, 15) is 13.2 Å². The number of hydrogen-bond donors (Lipinski definition) is 1. The molecule has 2 aromatic rings. The van der Waals surface area contributed by atoms with Gasteiger partial charge in [0.1, 0.15) is 6.54 Å². The van der Waals surface area contributed by atoms with Gasteiger partial charge in [-0.3, -0.25) is 9.10 Å². The molecule has 0 aliphatic carbocycles. The van der Waals surface area contributed by atoms with Crippen molar-refractivity contribution < 1.29 is 13.2 Å². The first-order valence-corrected chi connectivity index (χ1v) is 10.5. The van der Waals surface area contributed by atoms with E-state index in [0.29, 0.717) is 17.1 Å². The number of carbonyl (C=O) groups excluding carboxylic acids is 1. The minimum Gasteiger partial charge on any atom is -0.350 e. The van der Waals surface area contributed by atoms with Crippen LogP contribution in [0.15, 0.2) is 42.5 Å². The fraction of sp³-hybridized carbons (Fsp3) is 0.316. The highest BCUT2D eigenvalue weighted by Crippen LogP contribution is 2.27. The summed E-state index contributed by atoms with van der Waals surface area (Å²) in [6, 6.07) is 12.8. The second-order valence-corrected chi connectivity index (χ2v) is 8.39. The molecular formula is C19H23ClN2O3S. The summed E-state index contributed by atoms with van der Waals surface area (Å²) in [6.07, 6.45) is 1.78. The number of anilines is 1. The zero-order valence-electron chi connectivity index (χ0n) is 15.1. The maximum Gasteiger partial charge on any atom is 0.241 e. The van der Waals surface area contributed by atoms with Crippen LogP contribution >= 0.6 is 11.6 Å². The van der Waals surface area contributed by atoms with Crippen LogP contribution in [0, 0.1) is 6.92 Å². The van der Waals surface area contributed by atoms with Crippen LogP contribution in [0.1, 0.15) is 23.6 Å². The average molecular weight is 395 g/mol. The number of carbonyl (C=O) groups is 1. The molecule has 0 atom stereocenters. The van der Waals surface area contributed by atoms with Crippen molar-refractivity contribution in [3.63, 3.8) is 0 Å². The van der Waals surface area contributed by atoms with Gasteiger partial charge in [-0.2, -0.15) is 0 Å². The number of nitrogens with zero attached hydrogens (tertiary/aromatic N) is 1. The van der Waals surface area contributed by atoms with Gasteiger partial charge in [-0.25, -0.2) is 8.42 Å². The topological polar surface area (TPSA) is 66.5 Å². The fourth-order valence-corrected chi connectivity index (χ4v) is 3.89. The van der Waals surface area contributed by atoms with Gasteiger partial charge in [-0.05, 0) is 36.1 Å². The molecule has 26 heavy (non-hydrogen) atoms. The van der Waals surface area contributed by atoms with Crippen molar-refractivity contribution in [3.8, 4) is 0 Å². The van der Waals surface area contributed by atoms with Crippen LogP contribution < -0.4 is 9.62 Å². The molecule has 0 saturated carbocycles. The third-order valence-electron chi connectivity index (χ3n) is 4.07. The van der Waals surface area contributed by atoms with E-state index < -0.39 is 10.0 Å². The van der Waals surface area contributed by atoms with Crippen LogP contribution in [0.2, 0.25) is 5.02 Å². The molecule has 0 unspecified atom stereocenters. The lowest BCUT2D eigenvalue weighted by Gasteiger charge is -2.26. The Morgan fingerprint density at radius 2 is 1.77 bits per heavy atom. The predicted molar refractivity (Wildman–Crippen MR) is 106 cm³/mol. The molecule has 2 rings (SSSR count). The molecule has 0 radical (unpaired) electrons. The second kappa shape index (κ2) is 8.56. The predicted octanol–water partition coefficient (Wildman–Crippen LogP) is 3.29. The van der Waals surface area contributed by atoms with E-state index >= 15 is 0 Å². The van der Waals surface area contributed by atoms with Crippen molar-refractivity contribution in [2.45, 2.75) is 26.8 Å². The normalized spacial score (nSPS) is 11.2. The number of para-hydroxylation sites is 1. The van der Waals surface area contributed by atoms with Gasteiger partial charge in [0.15, 0.2) is 0 Å². The maximum absolute atomic E-state index is 12.4. The molecular weight excluding hydrogens is 372 g/mol. The molecule has 0 saturated heterocycles. The quantitative estimate of drug-likeness (QED) is 0.783. The standard InChI is InChI=1S/C19H23ClN2O3S/c1-4-15-10-7-8-14(2)19(15)22(26(3,24)25)13-18(23)21-12-16-9-5-6-11-17(16)20/h5-11H,4,12-13H2,1-3H3,(H,21,23). The average Bonchev–Trinajstić information content (AvgIpc) is 2.58. The summed E-state index contributed by atoms with van der Waals surface area (Å²) >= 11 is 6.08. The number of rotatable bonds is 7. The highest BCUT2D eigenvalue weighted by atomic mass is 35.5. The van der Waals surface area contributed by atoms with Gasteiger partial charge in [-0.15, -0.1) is 0 Å². The van der Waals surface area contributed by atoms with Gasteiger partial charge in [0, 0.05) is 11.6 Å². The van der Waals surface area contributed by atoms with E-state index in [1.807, 2.05) is 50.2 Å². The molecule has 5 nitrogen and oxygen atoms in total. The zero-order valence-corrected chi connectivity index (χ0v) is 16.7. The molecule has 0 aromatic heterocycles. The molecule has 7 heteroatoms. The summed E-state index contributed by atoms with van der Waals surface area (Å²) in [5.74, 6) is -0.388. The van der Waals surface area contributed by atoms with Crippen LogP contribution in [0.25, 0.3) is 0 Å². The minimum atomic E-state index is -3.61. The van der Waals surface area contributed by atoms with Crippen LogP contribution in [-0.4, -0.2) is 27.1 Å². The largest absolute Gasteiger partial charge is 0.350 e. The van der Waals surface area contributed by atoms with E-state index in [2.05, 4.69) is 5.32 Å². The Labute approximate surface area is 160 Å². The summed E-state index contributed by atoms with van der Waals surface area (Å²) in [5.41, 5.74) is 3.05. The molecule has 1 amide bonds. The molecule has 0 spiro atoms. The van der Waals surface area contributed by atoms with Gasteiger partial charge in [0.25, 0.3) is 0 Å². The van der Waals surface area contributed by atoms with E-state index in [-0.39, 0.29) is 19.0 Å². The Morgan fingerprint density at radius 3 is 2.38 bits per heavy atom. The number of amides is 1. The monoisotopic (exact) mass is 394 g/mol. The molecule has 1 N–H and O–H groups in total. The molecule has 0 aliphatic rings. The summed E-state index contributed by atoms with van der Waals surface area (Å²) in [7, 11) is -3.61. The van der Waals surface area contributed by atoms with Crippen molar-refractivity contribution >= 4 is 33.2 Å². The van der Waals surface area contributed by atoms with Crippen LogP contribution in [0.3, 0.4) is 0 Å². The third kappa shape index (κ3) is 4.99. The molecule has 0 aliphatic heterocycles. The van der Waals surface area contributed by atoms with Gasteiger partial charge in [0.2, 0.25) is 15.9 Å². The van der Waals surface area contributed by atoms with Gasteiger partial charge < -0.3 is 5.32 Å². The van der Waals surface area contributed by atoms with E-state index in [1.54, 1.807) is 6.07 Å². The SMILES string of the molecule is CCc1cccc(C)c1N(CC(=O)NCc1ccccc1Cl)S(C)(=O)=O. The number of nitrogens with one attached hydrogen (secondary N) is 1. The Kier molecular flexibility index (Phi) is 6.67. The zero-order chi connectivity index (χ0) is 19.3. The van der Waals surface area contributed by atoms with Crippen molar-refractivity contribution in [2.75, 3.05) is 17.1 Å². The number of aryl methyl sites for hydroxylation is 2. The molecule has 0 bridgehead atoms. The Hall–Kier alpha value is -2.05. The Morgan fingerprint density at radius 1 is 1.12 bits per heavy atom. The van der Waals surface area contributed by atoms with E-state index in [4.69, 9.17) is 11.6 Å². The number of benzene rings is 2. The first-order chi connectivity index (χ1) is 12.2. The smallest absolute Gasteiger partial charge is 0.241 e.